The van der Waals surface area contributed by atoms with E-state index >= 15 is 0 Å². The fourth-order valence-corrected chi connectivity index (χ4v) is 4.32. The van der Waals surface area contributed by atoms with Crippen molar-refractivity contribution >= 4 is 33.1 Å². The highest BCUT2D eigenvalue weighted by molar-refractivity contribution is 7.92. The second kappa shape index (κ2) is 9.05. The summed E-state index contributed by atoms with van der Waals surface area (Å²) >= 11 is 0. The van der Waals surface area contributed by atoms with Crippen LogP contribution in [0, 0.1) is 0 Å². The van der Waals surface area contributed by atoms with E-state index in [0.717, 1.165) is 18.9 Å². The van der Waals surface area contributed by atoms with Crippen molar-refractivity contribution in [1.82, 2.24) is 4.98 Å². The molecule has 1 amide bonds. The van der Waals surface area contributed by atoms with Crippen LogP contribution in [-0.4, -0.2) is 38.2 Å². The Hall–Kier alpha value is -2.61. The summed E-state index contributed by atoms with van der Waals surface area (Å²) in [5, 5.41) is 2.81. The van der Waals surface area contributed by atoms with Crippen LogP contribution in [0.5, 0.6) is 0 Å². The predicted molar refractivity (Wildman–Crippen MR) is 112 cm³/mol. The third-order valence-electron chi connectivity index (χ3n) is 4.56. The summed E-state index contributed by atoms with van der Waals surface area (Å²) in [5.41, 5.74) is 1.35. The number of nitrogens with one attached hydrogen (secondary N) is 2. The molecule has 0 bridgehead atoms. The molecule has 0 spiro atoms. The number of hydrogen-bond donors (Lipinski definition) is 2. The smallest absolute Gasteiger partial charge is 0.255 e. The molecule has 150 valence electrons. The van der Waals surface area contributed by atoms with Crippen molar-refractivity contribution in [2.24, 2.45) is 0 Å². The average Bonchev–Trinajstić information content (AvgIpc) is 2.69. The van der Waals surface area contributed by atoms with Gasteiger partial charge in [0.1, 0.15) is 5.82 Å². The van der Waals surface area contributed by atoms with Gasteiger partial charge in [-0.25, -0.2) is 13.4 Å². The van der Waals surface area contributed by atoms with E-state index in [1.54, 1.807) is 31.3 Å². The molecule has 7 nitrogen and oxygen atoms in total. The molecule has 1 aliphatic heterocycles. The van der Waals surface area contributed by atoms with Gasteiger partial charge in [-0.1, -0.05) is 13.0 Å². The number of anilines is 3. The minimum absolute atomic E-state index is 0.0401. The van der Waals surface area contributed by atoms with E-state index in [0.29, 0.717) is 23.4 Å². The molecule has 0 radical (unpaired) electrons. The van der Waals surface area contributed by atoms with Crippen LogP contribution in [-0.2, 0) is 10.0 Å². The highest BCUT2D eigenvalue weighted by Gasteiger charge is 2.14. The molecule has 2 aromatic rings. The summed E-state index contributed by atoms with van der Waals surface area (Å²) in [6.07, 6.45) is 5.79. The van der Waals surface area contributed by atoms with E-state index < -0.39 is 10.0 Å². The van der Waals surface area contributed by atoms with Gasteiger partial charge >= 0.3 is 0 Å². The maximum atomic E-state index is 12.5. The van der Waals surface area contributed by atoms with Crippen molar-refractivity contribution in [1.29, 1.82) is 0 Å². The Balaban J connectivity index is 1.65. The van der Waals surface area contributed by atoms with Crippen LogP contribution in [0.1, 0.15) is 43.0 Å². The zero-order valence-corrected chi connectivity index (χ0v) is 16.8. The SMILES string of the molecule is CCCS(=O)(=O)Nc1cccc(C(=O)Nc2ccc(N3CCCCC3)nc2)c1. The second-order valence-corrected chi connectivity index (χ2v) is 8.75. The van der Waals surface area contributed by atoms with Gasteiger partial charge in [-0.05, 0) is 56.0 Å². The van der Waals surface area contributed by atoms with Gasteiger partial charge in [0.05, 0.1) is 17.6 Å². The topological polar surface area (TPSA) is 91.4 Å². The van der Waals surface area contributed by atoms with Gasteiger partial charge in [-0.15, -0.1) is 0 Å². The molecule has 1 aromatic carbocycles. The molecule has 1 aliphatic rings. The molecule has 1 fully saturated rings. The molecule has 3 rings (SSSR count). The molecule has 28 heavy (non-hydrogen) atoms. The van der Waals surface area contributed by atoms with Crippen LogP contribution >= 0.6 is 0 Å². The number of pyridine rings is 1. The molecule has 2 heterocycles. The Kier molecular flexibility index (Phi) is 6.51. The fraction of sp³-hybridized carbons (Fsp3) is 0.400. The van der Waals surface area contributed by atoms with E-state index in [9.17, 15) is 13.2 Å². The number of amides is 1. The summed E-state index contributed by atoms with van der Waals surface area (Å²) in [4.78, 5) is 19.2. The van der Waals surface area contributed by atoms with E-state index in [2.05, 4.69) is 19.9 Å². The van der Waals surface area contributed by atoms with Crippen LogP contribution < -0.4 is 14.9 Å². The largest absolute Gasteiger partial charge is 0.357 e. The number of sulfonamides is 1. The molecular formula is C20H26N4O3S. The monoisotopic (exact) mass is 402 g/mol. The third kappa shape index (κ3) is 5.45. The number of rotatable bonds is 7. The lowest BCUT2D eigenvalue weighted by molar-refractivity contribution is 0.102. The molecule has 0 saturated carbocycles. The lowest BCUT2D eigenvalue weighted by Crippen LogP contribution is -2.30. The van der Waals surface area contributed by atoms with Gasteiger partial charge in [-0.3, -0.25) is 9.52 Å². The molecule has 0 unspecified atom stereocenters. The zero-order valence-electron chi connectivity index (χ0n) is 16.0. The van der Waals surface area contributed by atoms with Crippen molar-refractivity contribution in [3.63, 3.8) is 0 Å². The van der Waals surface area contributed by atoms with Crippen LogP contribution in [0.25, 0.3) is 0 Å². The lowest BCUT2D eigenvalue weighted by atomic mass is 10.1. The van der Waals surface area contributed by atoms with E-state index in [1.807, 2.05) is 12.1 Å². The Morgan fingerprint density at radius 2 is 1.89 bits per heavy atom. The number of aromatic nitrogens is 1. The van der Waals surface area contributed by atoms with E-state index in [1.165, 1.54) is 25.3 Å². The number of carbonyl (C=O) groups is 1. The highest BCUT2D eigenvalue weighted by Crippen LogP contribution is 2.20. The molecule has 2 N–H and O–H groups in total. The van der Waals surface area contributed by atoms with Crippen molar-refractivity contribution in [3.05, 3.63) is 48.2 Å². The van der Waals surface area contributed by atoms with Gasteiger partial charge in [0.25, 0.3) is 5.91 Å². The third-order valence-corrected chi connectivity index (χ3v) is 6.05. The normalized spacial score (nSPS) is 14.5. The molecule has 8 heteroatoms. The number of carbonyl (C=O) groups excluding carboxylic acids is 1. The van der Waals surface area contributed by atoms with Crippen molar-refractivity contribution in [3.8, 4) is 0 Å². The van der Waals surface area contributed by atoms with Crippen molar-refractivity contribution < 1.29 is 13.2 Å². The second-order valence-electron chi connectivity index (χ2n) is 6.91. The number of piperidine rings is 1. The van der Waals surface area contributed by atoms with Gasteiger partial charge in [0.15, 0.2) is 0 Å². The molecule has 1 saturated heterocycles. The summed E-state index contributed by atoms with van der Waals surface area (Å²) in [5.74, 6) is 0.646. The first-order chi connectivity index (χ1) is 13.5. The van der Waals surface area contributed by atoms with Crippen molar-refractivity contribution in [2.45, 2.75) is 32.6 Å². The van der Waals surface area contributed by atoms with Crippen molar-refractivity contribution in [2.75, 3.05) is 33.8 Å². The van der Waals surface area contributed by atoms with Crippen LogP contribution in [0.4, 0.5) is 17.2 Å². The molecule has 0 aliphatic carbocycles. The number of hydrogen-bond acceptors (Lipinski definition) is 5. The maximum absolute atomic E-state index is 12.5. The summed E-state index contributed by atoms with van der Waals surface area (Å²) < 4.78 is 26.3. The van der Waals surface area contributed by atoms with Crippen LogP contribution in [0.15, 0.2) is 42.6 Å². The standard InChI is InChI=1S/C20H26N4O3S/c1-2-13-28(26,27)23-17-8-6-7-16(14-17)20(25)22-18-9-10-19(21-15-18)24-11-4-3-5-12-24/h6-10,14-15,23H,2-5,11-13H2,1H3,(H,22,25). The molecule has 1 aromatic heterocycles. The number of benzene rings is 1. The molecular weight excluding hydrogens is 376 g/mol. The minimum atomic E-state index is -3.40. The fourth-order valence-electron chi connectivity index (χ4n) is 3.20. The van der Waals surface area contributed by atoms with Gasteiger partial charge in [0.2, 0.25) is 10.0 Å². The Morgan fingerprint density at radius 3 is 2.57 bits per heavy atom. The minimum Gasteiger partial charge on any atom is -0.357 e. The zero-order chi connectivity index (χ0) is 20.0. The highest BCUT2D eigenvalue weighted by atomic mass is 32.2. The van der Waals surface area contributed by atoms with E-state index in [4.69, 9.17) is 0 Å². The first-order valence-corrected chi connectivity index (χ1v) is 11.2. The number of nitrogens with zero attached hydrogens (tertiary/aromatic N) is 2. The quantitative estimate of drug-likeness (QED) is 0.740. The first kappa shape index (κ1) is 20.1. The average molecular weight is 403 g/mol. The van der Waals surface area contributed by atoms with E-state index in [-0.39, 0.29) is 11.7 Å². The first-order valence-electron chi connectivity index (χ1n) is 9.60. The Bertz CT molecular complexity index is 907. The Morgan fingerprint density at radius 1 is 1.11 bits per heavy atom. The lowest BCUT2D eigenvalue weighted by Gasteiger charge is -2.27. The molecule has 0 atom stereocenters. The van der Waals surface area contributed by atoms with Gasteiger partial charge in [-0.2, -0.15) is 0 Å². The summed E-state index contributed by atoms with van der Waals surface area (Å²) in [7, 11) is -3.40. The van der Waals surface area contributed by atoms with Gasteiger partial charge in [0, 0.05) is 24.3 Å². The predicted octanol–water partition coefficient (Wildman–Crippen LogP) is 3.48. The maximum Gasteiger partial charge on any atom is 0.255 e. The van der Waals surface area contributed by atoms with Crippen LogP contribution in [0.3, 0.4) is 0 Å². The summed E-state index contributed by atoms with van der Waals surface area (Å²) in [6.45, 7) is 3.83. The van der Waals surface area contributed by atoms with Crippen LogP contribution in [0.2, 0.25) is 0 Å². The van der Waals surface area contributed by atoms with Gasteiger partial charge < -0.3 is 10.2 Å². The Labute approximate surface area is 166 Å². The summed E-state index contributed by atoms with van der Waals surface area (Å²) in [6, 6.07) is 10.2.